The smallest absolute Gasteiger partial charge is 0.319 e. The summed E-state index contributed by atoms with van der Waals surface area (Å²) in [4.78, 5) is 102. The molecule has 3 heterocycles. The summed E-state index contributed by atoms with van der Waals surface area (Å²) in [5.41, 5.74) is 5.90. The Morgan fingerprint density at radius 2 is 1.70 bits per heavy atom. The van der Waals surface area contributed by atoms with Crippen molar-refractivity contribution in [2.24, 2.45) is 23.5 Å². The van der Waals surface area contributed by atoms with Gasteiger partial charge in [-0.05, 0) is 98.2 Å². The Balaban J connectivity index is 0.000000798. The second-order valence-corrected chi connectivity index (χ2v) is 21.6. The number of thiazole rings is 1. The summed E-state index contributed by atoms with van der Waals surface area (Å²) in [5.74, 6) is -4.17. The summed E-state index contributed by atoms with van der Waals surface area (Å²) in [6.07, 6.45) is 5.06. The monoisotopic (exact) mass is 1070 g/mol. The van der Waals surface area contributed by atoms with Crippen LogP contribution in [0.25, 0.3) is 0 Å². The summed E-state index contributed by atoms with van der Waals surface area (Å²) < 4.78 is 16.3. The van der Waals surface area contributed by atoms with E-state index in [2.05, 4.69) is 20.6 Å². The molecule has 1 aliphatic rings. The molecule has 0 saturated carbocycles. The number of carbonyl (C=O) groups is 7. The number of amides is 3. The maximum Gasteiger partial charge on any atom is 0.319 e. The fourth-order valence-corrected chi connectivity index (χ4v) is 10.4. The number of phenols is 1. The van der Waals surface area contributed by atoms with E-state index in [0.29, 0.717) is 37.3 Å². The molecular formula is C51H75N7O12S3. The second-order valence-electron chi connectivity index (χ2n) is 18.3. The minimum Gasteiger partial charge on any atom is -0.508 e. The Morgan fingerprint density at radius 3 is 2.30 bits per heavy atom. The molecule has 1 aromatic carbocycles. The standard InChI is InChI=1S/C42H63N5O10S.C9H12N2O2S2/c1-9-13-36(50)56-24-47(41(53)37(26(5)10-2)45-39(52)33-14-11-12-19-46(33)8)34(25(3)4)22-35(57-28(7)48)40-44-32(23-58-40)38(51)43-30(20-27(6)42(54)55)21-29-15-17-31(49)18-16-29;10-7-9(12)13-5-6-14-15-8-3-1-2-4-11-8/h15-18,23,25-27,30,33-35,37,49H,9-14,19-22,24H2,1-8H3,(H,43,51)(H,45,52)(H,54,55);1-4H,5-7,10H2/t26?,27-,30+,33+,34+,35+,37-;/m0./s1. The number of carbonyl (C=O) groups excluding carboxylic acids is 6. The van der Waals surface area contributed by atoms with E-state index in [1.807, 2.05) is 64.8 Å². The van der Waals surface area contributed by atoms with Crippen molar-refractivity contribution in [2.75, 3.05) is 39.2 Å². The van der Waals surface area contributed by atoms with Crippen molar-refractivity contribution in [3.63, 3.8) is 0 Å². The molecule has 73 heavy (non-hydrogen) atoms. The third-order valence-electron chi connectivity index (χ3n) is 12.1. The maximum atomic E-state index is 14.7. The number of esters is 3. The van der Waals surface area contributed by atoms with Crippen LogP contribution in [0.15, 0.2) is 59.1 Å². The van der Waals surface area contributed by atoms with Crippen LogP contribution < -0.4 is 16.4 Å². The summed E-state index contributed by atoms with van der Waals surface area (Å²) in [6.45, 7) is 13.0. The van der Waals surface area contributed by atoms with E-state index in [-0.39, 0.29) is 73.7 Å². The van der Waals surface area contributed by atoms with Crippen molar-refractivity contribution >= 4 is 74.5 Å². The van der Waals surface area contributed by atoms with Crippen molar-refractivity contribution in [3.8, 4) is 5.75 Å². The zero-order valence-corrected chi connectivity index (χ0v) is 45.7. The largest absolute Gasteiger partial charge is 0.508 e. The molecule has 404 valence electrons. The fraction of sp³-hybridized carbons (Fsp3) is 0.588. The molecule has 0 spiro atoms. The number of carboxylic acid groups (broad SMARTS) is 1. The van der Waals surface area contributed by atoms with Gasteiger partial charge in [0.2, 0.25) is 11.8 Å². The molecular weight excluding hydrogens is 999 g/mol. The van der Waals surface area contributed by atoms with E-state index < -0.39 is 59.9 Å². The lowest BCUT2D eigenvalue weighted by molar-refractivity contribution is -0.160. The van der Waals surface area contributed by atoms with E-state index in [1.165, 1.54) is 29.3 Å². The van der Waals surface area contributed by atoms with Gasteiger partial charge in [-0.15, -0.1) is 11.3 Å². The summed E-state index contributed by atoms with van der Waals surface area (Å²) >= 11 is 1.10. The first-order valence-electron chi connectivity index (χ1n) is 24.7. The number of likely N-dealkylation sites (N-methyl/N-ethyl adjacent to an activating group) is 1. The number of rotatable bonds is 28. The Hall–Kier alpha value is -5.29. The minimum atomic E-state index is -1.01. The first-order chi connectivity index (χ1) is 34.8. The summed E-state index contributed by atoms with van der Waals surface area (Å²) in [6, 6.07) is 9.59. The van der Waals surface area contributed by atoms with Gasteiger partial charge in [-0.2, -0.15) is 0 Å². The molecule has 2 aromatic heterocycles. The number of nitrogens with one attached hydrogen (secondary N) is 2. The van der Waals surface area contributed by atoms with Crippen molar-refractivity contribution < 1.29 is 58.0 Å². The molecule has 0 radical (unpaired) electrons. The highest BCUT2D eigenvalue weighted by molar-refractivity contribution is 8.76. The van der Waals surface area contributed by atoms with Crippen LogP contribution in [-0.2, 0) is 49.4 Å². The Kier molecular flexibility index (Phi) is 27.9. The number of nitrogens with two attached hydrogens (primary N) is 1. The van der Waals surface area contributed by atoms with Crippen LogP contribution in [0.4, 0.5) is 0 Å². The minimum absolute atomic E-state index is 0.0330. The van der Waals surface area contributed by atoms with Gasteiger partial charge in [0.1, 0.15) is 34.1 Å². The van der Waals surface area contributed by atoms with Gasteiger partial charge in [0.25, 0.3) is 5.91 Å². The molecule has 1 saturated heterocycles. The van der Waals surface area contributed by atoms with Gasteiger partial charge in [0, 0.05) is 49.2 Å². The summed E-state index contributed by atoms with van der Waals surface area (Å²) in [7, 11) is 5.06. The third kappa shape index (κ3) is 22.0. The molecule has 7 atom stereocenters. The molecule has 3 aromatic rings. The molecule has 19 nitrogen and oxygen atoms in total. The van der Waals surface area contributed by atoms with Gasteiger partial charge in [0.15, 0.2) is 12.8 Å². The molecule has 6 N–H and O–H groups in total. The highest BCUT2D eigenvalue weighted by atomic mass is 33.1. The van der Waals surface area contributed by atoms with Crippen molar-refractivity contribution in [1.29, 1.82) is 0 Å². The lowest BCUT2D eigenvalue weighted by Gasteiger charge is -2.39. The van der Waals surface area contributed by atoms with Crippen molar-refractivity contribution in [2.45, 2.75) is 142 Å². The average Bonchev–Trinajstić information content (AvgIpc) is 3.86. The first-order valence-corrected chi connectivity index (χ1v) is 27.9. The van der Waals surface area contributed by atoms with Gasteiger partial charge in [-0.25, -0.2) is 9.97 Å². The molecule has 1 fully saturated rings. The van der Waals surface area contributed by atoms with Crippen molar-refractivity contribution in [1.82, 2.24) is 30.4 Å². The number of piperidine rings is 1. The van der Waals surface area contributed by atoms with E-state index in [4.69, 9.17) is 19.9 Å². The number of aromatic nitrogens is 2. The van der Waals surface area contributed by atoms with Crippen LogP contribution in [0.5, 0.6) is 5.75 Å². The Morgan fingerprint density at radius 1 is 0.973 bits per heavy atom. The van der Waals surface area contributed by atoms with E-state index in [9.17, 15) is 43.8 Å². The third-order valence-corrected chi connectivity index (χ3v) is 15.3. The highest BCUT2D eigenvalue weighted by Crippen LogP contribution is 2.32. The van der Waals surface area contributed by atoms with Gasteiger partial charge >= 0.3 is 23.9 Å². The molecule has 22 heteroatoms. The van der Waals surface area contributed by atoms with Gasteiger partial charge in [0.05, 0.1) is 18.5 Å². The normalized spacial score (nSPS) is 16.0. The SMILES string of the molecule is CCCC(=O)OCN(C(=O)[C@@H](NC(=O)[C@H]1CCCCN1C)C(C)CC)[C@H](C[C@@H](OC(C)=O)c1nc(C(=O)N[C@@H](Cc2ccc(O)cc2)C[C@H](C)C(=O)O)cs1)C(C)C.NCC(=O)OCCSSc1ccccn1. The lowest BCUT2D eigenvalue weighted by atomic mass is 9.92. The number of pyridine rings is 1. The predicted molar refractivity (Wildman–Crippen MR) is 281 cm³/mol. The van der Waals surface area contributed by atoms with E-state index in [1.54, 1.807) is 46.8 Å². The average molecular weight is 1070 g/mol. The molecule has 4 rings (SSSR count). The number of hydrogen-bond donors (Lipinski definition) is 5. The van der Waals surface area contributed by atoms with E-state index in [0.717, 1.165) is 47.1 Å². The molecule has 0 bridgehead atoms. The van der Waals surface area contributed by atoms with Gasteiger partial charge in [-0.1, -0.05) is 83.4 Å². The number of aliphatic carboxylic acids is 1. The van der Waals surface area contributed by atoms with Crippen LogP contribution in [0.2, 0.25) is 0 Å². The number of likely N-dealkylation sites (tertiary alicyclic amines) is 1. The molecule has 1 aliphatic heterocycles. The fourth-order valence-electron chi connectivity index (χ4n) is 7.82. The van der Waals surface area contributed by atoms with Gasteiger partial charge < -0.3 is 45.7 Å². The van der Waals surface area contributed by atoms with Gasteiger partial charge in [-0.3, -0.25) is 38.5 Å². The summed E-state index contributed by atoms with van der Waals surface area (Å²) in [5, 5.41) is 28.0. The molecule has 0 aliphatic carbocycles. The van der Waals surface area contributed by atoms with Crippen LogP contribution in [-0.4, -0.2) is 135 Å². The van der Waals surface area contributed by atoms with Crippen LogP contribution in [0.1, 0.15) is 127 Å². The second kappa shape index (κ2) is 32.8. The number of benzene rings is 1. The Bertz CT molecular complexity index is 2200. The van der Waals surface area contributed by atoms with Crippen LogP contribution in [0, 0.1) is 17.8 Å². The quantitative estimate of drug-likeness (QED) is 0.0165. The number of hydrogen-bond acceptors (Lipinski definition) is 18. The lowest BCUT2D eigenvalue weighted by Crippen LogP contribution is -2.59. The van der Waals surface area contributed by atoms with Crippen LogP contribution in [0.3, 0.4) is 0 Å². The zero-order valence-electron chi connectivity index (χ0n) is 43.3. The number of nitrogens with zero attached hydrogens (tertiary/aromatic N) is 4. The van der Waals surface area contributed by atoms with E-state index >= 15 is 0 Å². The maximum absolute atomic E-state index is 14.7. The first kappa shape index (κ1) is 62.0. The topological polar surface area (TPSA) is 270 Å². The number of aromatic hydroxyl groups is 1. The van der Waals surface area contributed by atoms with Crippen molar-refractivity contribution in [3.05, 3.63) is 70.3 Å². The van der Waals surface area contributed by atoms with Crippen LogP contribution >= 0.6 is 32.9 Å². The predicted octanol–water partition coefficient (Wildman–Crippen LogP) is 6.79. The number of ether oxygens (including phenoxy) is 3. The molecule has 1 unspecified atom stereocenters. The number of phenolic OH excluding ortho intramolecular Hbond substituents is 1. The molecule has 3 amide bonds. The highest BCUT2D eigenvalue weighted by Gasteiger charge is 2.39. The number of carboxylic acids is 1. The zero-order chi connectivity index (χ0) is 54.0. The Labute approximate surface area is 441 Å².